The lowest BCUT2D eigenvalue weighted by molar-refractivity contribution is -0.116. The Labute approximate surface area is 224 Å². The third kappa shape index (κ3) is 6.01. The molecule has 0 radical (unpaired) electrons. The van der Waals surface area contributed by atoms with E-state index in [1.54, 1.807) is 0 Å². The van der Waals surface area contributed by atoms with Crippen LogP contribution in [-0.4, -0.2) is 42.6 Å². The van der Waals surface area contributed by atoms with E-state index in [1.807, 2.05) is 74.8 Å². The monoisotopic (exact) mass is 504 g/mol. The van der Waals surface area contributed by atoms with Crippen molar-refractivity contribution in [3.63, 3.8) is 0 Å². The van der Waals surface area contributed by atoms with Crippen LogP contribution in [0.2, 0.25) is 0 Å². The van der Waals surface area contributed by atoms with Crippen LogP contribution in [0.4, 0.5) is 11.4 Å². The van der Waals surface area contributed by atoms with E-state index in [1.165, 1.54) is 5.56 Å². The van der Waals surface area contributed by atoms with E-state index in [-0.39, 0.29) is 17.9 Å². The number of carbonyl (C=O) groups is 2. The van der Waals surface area contributed by atoms with Crippen LogP contribution in [0.3, 0.4) is 0 Å². The Balaban J connectivity index is 1.43. The Bertz CT molecular complexity index is 1410. The van der Waals surface area contributed by atoms with Crippen molar-refractivity contribution < 1.29 is 9.59 Å². The summed E-state index contributed by atoms with van der Waals surface area (Å²) in [5, 5.41) is 5.99. The van der Waals surface area contributed by atoms with Crippen LogP contribution in [0.5, 0.6) is 0 Å². The molecule has 1 atom stereocenters. The molecule has 1 saturated carbocycles. The van der Waals surface area contributed by atoms with Crippen LogP contribution in [0.15, 0.2) is 77.8 Å². The van der Waals surface area contributed by atoms with Gasteiger partial charge in [-0.25, -0.2) is 0 Å². The van der Waals surface area contributed by atoms with Gasteiger partial charge in [-0.1, -0.05) is 67.3 Å². The van der Waals surface area contributed by atoms with Gasteiger partial charge < -0.3 is 15.5 Å². The third-order valence-electron chi connectivity index (χ3n) is 6.92. The highest BCUT2D eigenvalue weighted by Gasteiger charge is 2.35. The first kappa shape index (κ1) is 25.4. The Morgan fingerprint density at radius 3 is 2.47 bits per heavy atom. The highest BCUT2D eigenvalue weighted by atomic mass is 16.2. The Kier molecular flexibility index (Phi) is 7.67. The van der Waals surface area contributed by atoms with Gasteiger partial charge in [0.1, 0.15) is 5.92 Å². The fraction of sp³-hybridized carbons (Fsp3) is 0.281. The molecule has 1 heterocycles. The molecule has 5 rings (SSSR count). The minimum atomic E-state index is -0.554. The number of nitrogens with zero attached hydrogens (tertiary/aromatic N) is 2. The van der Waals surface area contributed by atoms with Crippen LogP contribution in [0.1, 0.15) is 53.9 Å². The van der Waals surface area contributed by atoms with Gasteiger partial charge in [-0.05, 0) is 67.9 Å². The second kappa shape index (κ2) is 11.5. The molecule has 38 heavy (non-hydrogen) atoms. The number of benzene rings is 3. The molecule has 0 bridgehead atoms. The normalized spacial score (nSPS) is 17.1. The number of hydrogen-bond acceptors (Lipinski definition) is 4. The van der Waals surface area contributed by atoms with Gasteiger partial charge in [0.05, 0.1) is 11.4 Å². The van der Waals surface area contributed by atoms with Gasteiger partial charge in [0, 0.05) is 29.8 Å². The first-order valence-corrected chi connectivity index (χ1v) is 13.1. The molecular formula is C32H32N4O2. The number of rotatable bonds is 6. The number of amides is 2. The fourth-order valence-electron chi connectivity index (χ4n) is 5.12. The molecule has 3 aromatic carbocycles. The number of nitrogens with one attached hydrogen (secondary N) is 2. The lowest BCUT2D eigenvalue weighted by atomic mass is 9.90. The number of fused-ring (bicyclic) bond motifs is 1. The van der Waals surface area contributed by atoms with Crippen molar-refractivity contribution in [2.45, 2.75) is 44.2 Å². The molecule has 6 heteroatoms. The van der Waals surface area contributed by atoms with Crippen molar-refractivity contribution in [2.75, 3.05) is 19.4 Å². The van der Waals surface area contributed by atoms with Crippen molar-refractivity contribution in [2.24, 2.45) is 4.99 Å². The molecule has 2 amide bonds. The maximum atomic E-state index is 13.3. The first-order valence-electron chi connectivity index (χ1n) is 13.1. The maximum absolute atomic E-state index is 13.3. The highest BCUT2D eigenvalue weighted by Crippen LogP contribution is 2.37. The molecule has 0 saturated heterocycles. The lowest BCUT2D eigenvalue weighted by Gasteiger charge is -2.14. The summed E-state index contributed by atoms with van der Waals surface area (Å²) in [6.45, 7) is 0.849. The van der Waals surface area contributed by atoms with E-state index in [2.05, 4.69) is 39.5 Å². The molecule has 1 fully saturated rings. The van der Waals surface area contributed by atoms with Crippen LogP contribution < -0.4 is 10.6 Å². The van der Waals surface area contributed by atoms with Gasteiger partial charge in [-0.3, -0.25) is 14.6 Å². The van der Waals surface area contributed by atoms with Crippen molar-refractivity contribution in [3.8, 4) is 11.8 Å². The summed E-state index contributed by atoms with van der Waals surface area (Å²) >= 11 is 0. The summed E-state index contributed by atoms with van der Waals surface area (Å²) in [4.78, 5) is 32.6. The van der Waals surface area contributed by atoms with Gasteiger partial charge in [-0.2, -0.15) is 0 Å². The van der Waals surface area contributed by atoms with Gasteiger partial charge >= 0.3 is 0 Å². The SMILES string of the molecule is CN(C)Cc1ccc(N=C(c2ccccc2)C2C(=O)Nc3cc(C#CC(=O)NC4CCCC4)ccc32)cc1. The molecular weight excluding hydrogens is 472 g/mol. The van der Waals surface area contributed by atoms with Crippen molar-refractivity contribution >= 4 is 28.9 Å². The average Bonchev–Trinajstić information content (AvgIpc) is 3.53. The van der Waals surface area contributed by atoms with Crippen molar-refractivity contribution in [1.82, 2.24) is 10.2 Å². The highest BCUT2D eigenvalue weighted by molar-refractivity contribution is 6.24. The number of anilines is 1. The van der Waals surface area contributed by atoms with E-state index in [0.29, 0.717) is 17.0 Å². The molecule has 1 aliphatic heterocycles. The molecule has 1 aliphatic carbocycles. The number of hydrogen-bond donors (Lipinski definition) is 2. The van der Waals surface area contributed by atoms with Crippen LogP contribution in [0.25, 0.3) is 0 Å². The second-order valence-electron chi connectivity index (χ2n) is 10.2. The lowest BCUT2D eigenvalue weighted by Crippen LogP contribution is -2.31. The van der Waals surface area contributed by atoms with E-state index in [4.69, 9.17) is 4.99 Å². The number of aliphatic imine (C=N–C) groups is 1. The van der Waals surface area contributed by atoms with Gasteiger partial charge in [0.2, 0.25) is 5.91 Å². The molecule has 0 aromatic heterocycles. The minimum Gasteiger partial charge on any atom is -0.343 e. The summed E-state index contributed by atoms with van der Waals surface area (Å²) in [7, 11) is 4.08. The summed E-state index contributed by atoms with van der Waals surface area (Å²) < 4.78 is 0. The largest absolute Gasteiger partial charge is 0.343 e. The zero-order chi connectivity index (χ0) is 26.5. The molecule has 0 spiro atoms. The molecule has 6 nitrogen and oxygen atoms in total. The predicted molar refractivity (Wildman–Crippen MR) is 152 cm³/mol. The van der Waals surface area contributed by atoms with Crippen molar-refractivity contribution in [1.29, 1.82) is 0 Å². The zero-order valence-corrected chi connectivity index (χ0v) is 21.8. The Morgan fingerprint density at radius 2 is 1.76 bits per heavy atom. The molecule has 2 N–H and O–H groups in total. The topological polar surface area (TPSA) is 73.8 Å². The van der Waals surface area contributed by atoms with Gasteiger partial charge in [0.25, 0.3) is 5.91 Å². The zero-order valence-electron chi connectivity index (χ0n) is 21.8. The van der Waals surface area contributed by atoms with E-state index in [9.17, 15) is 9.59 Å². The number of carbonyl (C=O) groups excluding carboxylic acids is 2. The smallest absolute Gasteiger partial charge is 0.296 e. The minimum absolute atomic E-state index is 0.129. The first-order chi connectivity index (χ1) is 18.5. The third-order valence-corrected chi connectivity index (χ3v) is 6.92. The van der Waals surface area contributed by atoms with E-state index >= 15 is 0 Å². The molecule has 192 valence electrons. The van der Waals surface area contributed by atoms with Crippen molar-refractivity contribution in [3.05, 3.63) is 95.1 Å². The van der Waals surface area contributed by atoms with Crippen LogP contribution in [-0.2, 0) is 16.1 Å². The quantitative estimate of drug-likeness (QED) is 0.366. The van der Waals surface area contributed by atoms with E-state index < -0.39 is 5.92 Å². The molecule has 1 unspecified atom stereocenters. The Morgan fingerprint density at radius 1 is 1.03 bits per heavy atom. The average molecular weight is 505 g/mol. The van der Waals surface area contributed by atoms with Crippen LogP contribution >= 0.6 is 0 Å². The molecule has 2 aliphatic rings. The second-order valence-corrected chi connectivity index (χ2v) is 10.2. The molecule has 3 aromatic rings. The predicted octanol–water partition coefficient (Wildman–Crippen LogP) is 5.02. The van der Waals surface area contributed by atoms with Crippen LogP contribution in [0, 0.1) is 11.8 Å². The Hall–Kier alpha value is -4.21. The summed E-state index contributed by atoms with van der Waals surface area (Å²) in [6, 6.07) is 23.8. The fourth-order valence-corrected chi connectivity index (χ4v) is 5.12. The summed E-state index contributed by atoms with van der Waals surface area (Å²) in [5.74, 6) is 4.71. The summed E-state index contributed by atoms with van der Waals surface area (Å²) in [6.07, 6.45) is 4.34. The van der Waals surface area contributed by atoms with Gasteiger partial charge in [-0.15, -0.1) is 0 Å². The van der Waals surface area contributed by atoms with Gasteiger partial charge in [0.15, 0.2) is 0 Å². The maximum Gasteiger partial charge on any atom is 0.296 e. The summed E-state index contributed by atoms with van der Waals surface area (Å²) in [5.41, 5.74) is 5.81. The standard InChI is InChI=1S/C32H32N4O2/c1-36(2)21-23-12-16-26(17-13-23)34-31(24-8-4-3-5-9-24)30-27-18-14-22(20-28(27)35-32(30)38)15-19-29(37)33-25-10-6-7-11-25/h3-5,8-9,12-14,16-18,20,25,30H,6-7,10-11,21H2,1-2H3,(H,33,37)(H,35,38). The van der Waals surface area contributed by atoms with E-state index in [0.717, 1.165) is 49.0 Å².